The first-order valence-corrected chi connectivity index (χ1v) is 5.73. The van der Waals surface area contributed by atoms with Gasteiger partial charge in [0.1, 0.15) is 0 Å². The summed E-state index contributed by atoms with van der Waals surface area (Å²) in [7, 11) is 0. The highest BCUT2D eigenvalue weighted by Crippen LogP contribution is 2.36. The van der Waals surface area contributed by atoms with Crippen LogP contribution in [0.3, 0.4) is 0 Å². The highest BCUT2D eigenvalue weighted by atomic mass is 14.3. The van der Waals surface area contributed by atoms with Crippen LogP contribution in [-0.4, -0.2) is 0 Å². The van der Waals surface area contributed by atoms with E-state index in [0.29, 0.717) is 5.41 Å². The lowest BCUT2D eigenvalue weighted by Crippen LogP contribution is -2.15. The molecule has 1 atom stereocenters. The molecule has 0 heterocycles. The van der Waals surface area contributed by atoms with Gasteiger partial charge in [-0.25, -0.2) is 0 Å². The Hall–Kier alpha value is -0.260. The molecule has 13 heavy (non-hydrogen) atoms. The SMILES string of the molecule is CCCC1CC=C(C(C)(C)C)CC1. The molecule has 0 bridgehead atoms. The van der Waals surface area contributed by atoms with Crippen molar-refractivity contribution in [2.75, 3.05) is 0 Å². The van der Waals surface area contributed by atoms with Crippen LogP contribution < -0.4 is 0 Å². The summed E-state index contributed by atoms with van der Waals surface area (Å²) in [5.74, 6) is 0.982. The maximum absolute atomic E-state index is 2.50. The summed E-state index contributed by atoms with van der Waals surface area (Å²) in [6, 6.07) is 0. The Balaban J connectivity index is 2.48. The van der Waals surface area contributed by atoms with Gasteiger partial charge in [-0.1, -0.05) is 52.2 Å². The molecular formula is C13H24. The van der Waals surface area contributed by atoms with Crippen LogP contribution in [0.1, 0.15) is 59.8 Å². The van der Waals surface area contributed by atoms with Crippen LogP contribution in [-0.2, 0) is 0 Å². The van der Waals surface area contributed by atoms with Gasteiger partial charge in [-0.05, 0) is 30.6 Å². The minimum atomic E-state index is 0.414. The zero-order valence-electron chi connectivity index (χ0n) is 9.69. The van der Waals surface area contributed by atoms with Crippen molar-refractivity contribution in [1.82, 2.24) is 0 Å². The summed E-state index contributed by atoms with van der Waals surface area (Å²) in [6.45, 7) is 9.29. The minimum Gasteiger partial charge on any atom is -0.0845 e. The molecule has 1 aliphatic carbocycles. The molecule has 1 rings (SSSR count). The van der Waals surface area contributed by atoms with E-state index < -0.39 is 0 Å². The Kier molecular flexibility index (Phi) is 3.58. The van der Waals surface area contributed by atoms with Crippen molar-refractivity contribution in [3.63, 3.8) is 0 Å². The van der Waals surface area contributed by atoms with Crippen molar-refractivity contribution in [2.45, 2.75) is 59.8 Å². The summed E-state index contributed by atoms with van der Waals surface area (Å²) >= 11 is 0. The van der Waals surface area contributed by atoms with Crippen LogP contribution in [0.5, 0.6) is 0 Å². The molecule has 0 saturated heterocycles. The van der Waals surface area contributed by atoms with E-state index >= 15 is 0 Å². The fourth-order valence-corrected chi connectivity index (χ4v) is 2.24. The van der Waals surface area contributed by atoms with E-state index in [4.69, 9.17) is 0 Å². The normalized spacial score (nSPS) is 24.3. The lowest BCUT2D eigenvalue weighted by Gasteiger charge is -2.29. The molecule has 0 heteroatoms. The topological polar surface area (TPSA) is 0 Å². The lowest BCUT2D eigenvalue weighted by atomic mass is 9.76. The molecule has 0 aromatic heterocycles. The fraction of sp³-hybridized carbons (Fsp3) is 0.846. The standard InChI is InChI=1S/C13H24/c1-5-6-11-7-9-12(10-8-11)13(2,3)4/h9,11H,5-8,10H2,1-4H3. The van der Waals surface area contributed by atoms with Gasteiger partial charge >= 0.3 is 0 Å². The molecule has 0 N–H and O–H groups in total. The Labute approximate surface area is 83.4 Å². The van der Waals surface area contributed by atoms with E-state index in [0.717, 1.165) is 5.92 Å². The molecule has 1 aliphatic rings. The van der Waals surface area contributed by atoms with Crippen LogP contribution in [0.4, 0.5) is 0 Å². The smallest absolute Gasteiger partial charge is 0.0173 e. The summed E-state index contributed by atoms with van der Waals surface area (Å²) in [4.78, 5) is 0. The molecule has 0 amide bonds. The van der Waals surface area contributed by atoms with Gasteiger partial charge in [0.05, 0.1) is 0 Å². The van der Waals surface area contributed by atoms with Gasteiger partial charge < -0.3 is 0 Å². The van der Waals surface area contributed by atoms with Crippen molar-refractivity contribution in [2.24, 2.45) is 11.3 Å². The second-order valence-electron chi connectivity index (χ2n) is 5.41. The average Bonchev–Trinajstić information content (AvgIpc) is 2.04. The van der Waals surface area contributed by atoms with Crippen molar-refractivity contribution in [1.29, 1.82) is 0 Å². The van der Waals surface area contributed by atoms with E-state index in [1.54, 1.807) is 5.57 Å². The molecule has 0 saturated carbocycles. The number of hydrogen-bond acceptors (Lipinski definition) is 0. The Morgan fingerprint density at radius 2 is 2.08 bits per heavy atom. The number of hydrogen-bond donors (Lipinski definition) is 0. The van der Waals surface area contributed by atoms with Gasteiger partial charge in [-0.2, -0.15) is 0 Å². The highest BCUT2D eigenvalue weighted by Gasteiger charge is 2.21. The molecule has 76 valence electrons. The Morgan fingerprint density at radius 1 is 1.38 bits per heavy atom. The molecule has 0 aromatic rings. The van der Waals surface area contributed by atoms with Gasteiger partial charge in [-0.3, -0.25) is 0 Å². The molecular weight excluding hydrogens is 156 g/mol. The van der Waals surface area contributed by atoms with E-state index in [1.807, 2.05) is 0 Å². The Bertz CT molecular complexity index is 181. The van der Waals surface area contributed by atoms with Gasteiger partial charge in [-0.15, -0.1) is 0 Å². The Morgan fingerprint density at radius 3 is 2.46 bits per heavy atom. The predicted octanol–water partition coefficient (Wildman–Crippen LogP) is 4.56. The molecule has 0 aromatic carbocycles. The van der Waals surface area contributed by atoms with Crippen molar-refractivity contribution >= 4 is 0 Å². The third kappa shape index (κ3) is 3.17. The zero-order chi connectivity index (χ0) is 9.90. The quantitative estimate of drug-likeness (QED) is 0.546. The van der Waals surface area contributed by atoms with E-state index in [1.165, 1.54) is 32.1 Å². The fourth-order valence-electron chi connectivity index (χ4n) is 2.24. The first-order chi connectivity index (χ1) is 6.04. The monoisotopic (exact) mass is 180 g/mol. The van der Waals surface area contributed by atoms with Gasteiger partial charge in [0.25, 0.3) is 0 Å². The maximum Gasteiger partial charge on any atom is -0.0173 e. The van der Waals surface area contributed by atoms with Crippen molar-refractivity contribution in [3.8, 4) is 0 Å². The summed E-state index contributed by atoms with van der Waals surface area (Å²) in [5.41, 5.74) is 2.09. The van der Waals surface area contributed by atoms with Crippen LogP contribution in [0.2, 0.25) is 0 Å². The third-order valence-corrected chi connectivity index (χ3v) is 3.18. The molecule has 0 nitrogen and oxygen atoms in total. The molecule has 0 aliphatic heterocycles. The lowest BCUT2D eigenvalue weighted by molar-refractivity contribution is 0.385. The first-order valence-electron chi connectivity index (χ1n) is 5.73. The second-order valence-corrected chi connectivity index (χ2v) is 5.41. The van der Waals surface area contributed by atoms with Crippen LogP contribution in [0.25, 0.3) is 0 Å². The molecule has 1 unspecified atom stereocenters. The van der Waals surface area contributed by atoms with E-state index in [2.05, 4.69) is 33.8 Å². The summed E-state index contributed by atoms with van der Waals surface area (Å²) in [5, 5.41) is 0. The first kappa shape index (κ1) is 10.8. The number of rotatable bonds is 2. The minimum absolute atomic E-state index is 0.414. The zero-order valence-corrected chi connectivity index (χ0v) is 9.69. The largest absolute Gasteiger partial charge is 0.0845 e. The van der Waals surface area contributed by atoms with Gasteiger partial charge in [0.2, 0.25) is 0 Å². The maximum atomic E-state index is 2.50. The molecule has 0 spiro atoms. The van der Waals surface area contributed by atoms with Crippen LogP contribution in [0.15, 0.2) is 11.6 Å². The average molecular weight is 180 g/mol. The van der Waals surface area contributed by atoms with Crippen molar-refractivity contribution in [3.05, 3.63) is 11.6 Å². The van der Waals surface area contributed by atoms with E-state index in [-0.39, 0.29) is 0 Å². The number of allylic oxidation sites excluding steroid dienone is 2. The van der Waals surface area contributed by atoms with Crippen molar-refractivity contribution < 1.29 is 0 Å². The third-order valence-electron chi connectivity index (χ3n) is 3.18. The predicted molar refractivity (Wildman–Crippen MR) is 59.8 cm³/mol. The summed E-state index contributed by atoms with van der Waals surface area (Å²) in [6.07, 6.45) is 9.38. The highest BCUT2D eigenvalue weighted by molar-refractivity contribution is 5.13. The molecule has 0 radical (unpaired) electrons. The van der Waals surface area contributed by atoms with E-state index in [9.17, 15) is 0 Å². The summed E-state index contributed by atoms with van der Waals surface area (Å²) < 4.78 is 0. The van der Waals surface area contributed by atoms with Crippen LogP contribution >= 0.6 is 0 Å². The van der Waals surface area contributed by atoms with Gasteiger partial charge in [0, 0.05) is 0 Å². The second kappa shape index (κ2) is 4.30. The van der Waals surface area contributed by atoms with Gasteiger partial charge in [0.15, 0.2) is 0 Å². The molecule has 0 fully saturated rings. The van der Waals surface area contributed by atoms with Crippen LogP contribution in [0, 0.1) is 11.3 Å².